The molecule has 3 heterocycles. The number of hydrogen-bond acceptors (Lipinski definition) is 4. The molecule has 0 radical (unpaired) electrons. The predicted molar refractivity (Wildman–Crippen MR) is 100 cm³/mol. The number of anilines is 1. The second-order valence-electron chi connectivity index (χ2n) is 6.27. The number of nitrogens with one attached hydrogen (secondary N) is 2. The third-order valence-corrected chi connectivity index (χ3v) is 4.55. The van der Waals surface area contributed by atoms with Gasteiger partial charge in [0, 0.05) is 30.5 Å². The molecule has 0 atom stereocenters. The van der Waals surface area contributed by atoms with E-state index in [1.165, 1.54) is 0 Å². The standard InChI is InChI=1S/C19H18ClN5O/c20-16-3-1-2-13(6-16)10-25-11-18(23-12-25)24-19(26)15-7-14-4-5-21-9-17(14)22-8-15/h1-3,6-8,11-12,21H,4-5,9-10H2,(H,24,26). The molecule has 2 N–H and O–H groups in total. The second kappa shape index (κ2) is 7.27. The van der Waals surface area contributed by atoms with Crippen LogP contribution >= 0.6 is 11.6 Å². The fourth-order valence-corrected chi connectivity index (χ4v) is 3.23. The Labute approximate surface area is 156 Å². The minimum atomic E-state index is -0.202. The fourth-order valence-electron chi connectivity index (χ4n) is 3.01. The molecule has 1 aromatic carbocycles. The van der Waals surface area contributed by atoms with E-state index in [0.29, 0.717) is 22.9 Å². The SMILES string of the molecule is O=C(Nc1cn(Cc2cccc(Cl)c2)cn1)c1cnc2c(c1)CCNC2. The Kier molecular flexibility index (Phi) is 4.69. The van der Waals surface area contributed by atoms with Gasteiger partial charge < -0.3 is 15.2 Å². The molecule has 0 saturated carbocycles. The maximum absolute atomic E-state index is 12.5. The van der Waals surface area contributed by atoms with Gasteiger partial charge in [0.1, 0.15) is 0 Å². The summed E-state index contributed by atoms with van der Waals surface area (Å²) >= 11 is 6.01. The molecule has 1 aliphatic rings. The molecule has 6 nitrogen and oxygen atoms in total. The van der Waals surface area contributed by atoms with Gasteiger partial charge >= 0.3 is 0 Å². The molecule has 2 aromatic heterocycles. The van der Waals surface area contributed by atoms with Crippen LogP contribution in [-0.4, -0.2) is 27.0 Å². The van der Waals surface area contributed by atoms with Gasteiger partial charge in [0.15, 0.2) is 5.82 Å². The summed E-state index contributed by atoms with van der Waals surface area (Å²) in [7, 11) is 0. The summed E-state index contributed by atoms with van der Waals surface area (Å²) in [6, 6.07) is 9.58. The van der Waals surface area contributed by atoms with Crippen molar-refractivity contribution >= 4 is 23.3 Å². The number of halogens is 1. The summed E-state index contributed by atoms with van der Waals surface area (Å²) in [5.74, 6) is 0.309. The Bertz CT molecular complexity index is 953. The molecular weight excluding hydrogens is 350 g/mol. The monoisotopic (exact) mass is 367 g/mol. The maximum Gasteiger partial charge on any atom is 0.258 e. The third kappa shape index (κ3) is 3.76. The minimum Gasteiger partial charge on any atom is -0.331 e. The highest BCUT2D eigenvalue weighted by Crippen LogP contribution is 2.15. The van der Waals surface area contributed by atoms with E-state index >= 15 is 0 Å². The van der Waals surface area contributed by atoms with E-state index in [0.717, 1.165) is 36.3 Å². The highest BCUT2D eigenvalue weighted by molar-refractivity contribution is 6.30. The van der Waals surface area contributed by atoms with E-state index in [1.54, 1.807) is 18.7 Å². The molecule has 0 unspecified atom stereocenters. The summed E-state index contributed by atoms with van der Waals surface area (Å²) in [5.41, 5.74) is 3.76. The molecule has 1 aliphatic heterocycles. The summed E-state index contributed by atoms with van der Waals surface area (Å²) in [6.07, 6.45) is 5.99. The molecule has 7 heteroatoms. The van der Waals surface area contributed by atoms with Crippen LogP contribution in [0.1, 0.15) is 27.2 Å². The molecule has 1 amide bonds. The third-order valence-electron chi connectivity index (χ3n) is 4.31. The van der Waals surface area contributed by atoms with Gasteiger partial charge in [-0.2, -0.15) is 0 Å². The van der Waals surface area contributed by atoms with Crippen molar-refractivity contribution in [3.63, 3.8) is 0 Å². The number of fused-ring (bicyclic) bond motifs is 1. The van der Waals surface area contributed by atoms with Crippen LogP contribution in [0.5, 0.6) is 0 Å². The smallest absolute Gasteiger partial charge is 0.258 e. The van der Waals surface area contributed by atoms with E-state index in [9.17, 15) is 4.79 Å². The number of nitrogens with zero attached hydrogens (tertiary/aromatic N) is 3. The van der Waals surface area contributed by atoms with Crippen molar-refractivity contribution in [2.75, 3.05) is 11.9 Å². The molecule has 132 valence electrons. The lowest BCUT2D eigenvalue weighted by Gasteiger charge is -2.16. The number of carbonyl (C=O) groups is 1. The topological polar surface area (TPSA) is 71.8 Å². The molecule has 0 spiro atoms. The number of hydrogen-bond donors (Lipinski definition) is 2. The quantitative estimate of drug-likeness (QED) is 0.743. The number of imidazole rings is 1. The highest BCUT2D eigenvalue weighted by Gasteiger charge is 2.14. The lowest BCUT2D eigenvalue weighted by atomic mass is 10.0. The predicted octanol–water partition coefficient (Wildman–Crippen LogP) is 2.88. The molecule has 4 rings (SSSR count). The van der Waals surface area contributed by atoms with Crippen molar-refractivity contribution in [3.8, 4) is 0 Å². The highest BCUT2D eigenvalue weighted by atomic mass is 35.5. The molecule has 3 aromatic rings. The van der Waals surface area contributed by atoms with Crippen molar-refractivity contribution in [2.24, 2.45) is 0 Å². The zero-order valence-electron chi connectivity index (χ0n) is 14.1. The van der Waals surface area contributed by atoms with Crippen LogP contribution in [0.15, 0.2) is 49.1 Å². The first kappa shape index (κ1) is 16.8. The van der Waals surface area contributed by atoms with Crippen molar-refractivity contribution in [1.82, 2.24) is 19.9 Å². The van der Waals surface area contributed by atoms with E-state index < -0.39 is 0 Å². The van der Waals surface area contributed by atoms with E-state index in [4.69, 9.17) is 11.6 Å². The zero-order chi connectivity index (χ0) is 17.9. The molecule has 26 heavy (non-hydrogen) atoms. The molecule has 0 fully saturated rings. The van der Waals surface area contributed by atoms with E-state index in [1.807, 2.05) is 34.9 Å². The summed E-state index contributed by atoms with van der Waals surface area (Å²) in [6.45, 7) is 2.30. The van der Waals surface area contributed by atoms with Crippen LogP contribution in [0.2, 0.25) is 5.02 Å². The lowest BCUT2D eigenvalue weighted by molar-refractivity contribution is 0.102. The first-order valence-electron chi connectivity index (χ1n) is 8.43. The Hall–Kier alpha value is -2.70. The van der Waals surface area contributed by atoms with Crippen molar-refractivity contribution < 1.29 is 4.79 Å². The normalized spacial score (nSPS) is 13.3. The van der Waals surface area contributed by atoms with Crippen LogP contribution in [0.3, 0.4) is 0 Å². The summed E-state index contributed by atoms with van der Waals surface area (Å²) in [4.78, 5) is 21.1. The Morgan fingerprint density at radius 1 is 1.31 bits per heavy atom. The van der Waals surface area contributed by atoms with Crippen molar-refractivity contribution in [1.29, 1.82) is 0 Å². The van der Waals surface area contributed by atoms with E-state index in [2.05, 4.69) is 20.6 Å². The van der Waals surface area contributed by atoms with Gasteiger partial charge in [0.2, 0.25) is 0 Å². The van der Waals surface area contributed by atoms with Crippen molar-refractivity contribution in [3.05, 3.63) is 76.5 Å². The summed E-state index contributed by atoms with van der Waals surface area (Å²) < 4.78 is 1.90. The van der Waals surface area contributed by atoms with Gasteiger partial charge in [-0.05, 0) is 42.3 Å². The second-order valence-corrected chi connectivity index (χ2v) is 6.71. The summed E-state index contributed by atoms with van der Waals surface area (Å²) in [5, 5.41) is 6.80. The van der Waals surface area contributed by atoms with Gasteiger partial charge in [0.25, 0.3) is 5.91 Å². The molecule has 0 bridgehead atoms. The number of aromatic nitrogens is 3. The van der Waals surface area contributed by atoms with Gasteiger partial charge in [-0.3, -0.25) is 9.78 Å². The van der Waals surface area contributed by atoms with Crippen LogP contribution in [0.25, 0.3) is 0 Å². The Morgan fingerprint density at radius 3 is 3.12 bits per heavy atom. The largest absolute Gasteiger partial charge is 0.331 e. The zero-order valence-corrected chi connectivity index (χ0v) is 14.8. The van der Waals surface area contributed by atoms with Gasteiger partial charge in [0.05, 0.1) is 17.6 Å². The van der Waals surface area contributed by atoms with Gasteiger partial charge in [-0.15, -0.1) is 0 Å². The number of benzene rings is 1. The number of carbonyl (C=O) groups excluding carboxylic acids is 1. The van der Waals surface area contributed by atoms with E-state index in [-0.39, 0.29) is 5.91 Å². The van der Waals surface area contributed by atoms with Crippen LogP contribution in [0, 0.1) is 0 Å². The lowest BCUT2D eigenvalue weighted by Crippen LogP contribution is -2.25. The number of amides is 1. The minimum absolute atomic E-state index is 0.202. The fraction of sp³-hybridized carbons (Fsp3) is 0.211. The first-order chi connectivity index (χ1) is 12.7. The van der Waals surface area contributed by atoms with Gasteiger partial charge in [-0.1, -0.05) is 23.7 Å². The molecule has 0 saturated heterocycles. The molecular formula is C19H18ClN5O. The molecule has 0 aliphatic carbocycles. The van der Waals surface area contributed by atoms with Crippen molar-refractivity contribution in [2.45, 2.75) is 19.5 Å². The Morgan fingerprint density at radius 2 is 2.23 bits per heavy atom. The average molecular weight is 368 g/mol. The Balaban J connectivity index is 1.44. The van der Waals surface area contributed by atoms with Crippen LogP contribution < -0.4 is 10.6 Å². The average Bonchev–Trinajstić information content (AvgIpc) is 3.08. The maximum atomic E-state index is 12.5. The van der Waals surface area contributed by atoms with Crippen LogP contribution in [0.4, 0.5) is 5.82 Å². The number of rotatable bonds is 4. The first-order valence-corrected chi connectivity index (χ1v) is 8.81. The van der Waals surface area contributed by atoms with Gasteiger partial charge in [-0.25, -0.2) is 4.98 Å². The van der Waals surface area contributed by atoms with Crippen LogP contribution in [-0.2, 0) is 19.5 Å². The number of pyridine rings is 1.